The second-order valence-electron chi connectivity index (χ2n) is 4.99. The second kappa shape index (κ2) is 7.20. The van der Waals surface area contributed by atoms with Gasteiger partial charge >= 0.3 is 37.4 Å². The van der Waals surface area contributed by atoms with E-state index in [1.165, 1.54) is 10.9 Å². The number of H-pyrrole nitrogens is 1. The van der Waals surface area contributed by atoms with Crippen molar-refractivity contribution in [3.63, 3.8) is 0 Å². The monoisotopic (exact) mass is 371 g/mol. The predicted molar refractivity (Wildman–Crippen MR) is 76.2 cm³/mol. The van der Waals surface area contributed by atoms with Crippen molar-refractivity contribution in [2.75, 3.05) is 12.3 Å². The molecule has 1 aliphatic heterocycles. The summed E-state index contributed by atoms with van der Waals surface area (Å²) in [5, 5.41) is 9.93. The molecule has 2 aromatic rings. The Kier molecular flexibility index (Phi) is 5.85. The summed E-state index contributed by atoms with van der Waals surface area (Å²) in [6.45, 7) is -0.481. The Morgan fingerprint density at radius 1 is 1.58 bits per heavy atom. The van der Waals surface area contributed by atoms with Crippen LogP contribution in [0.15, 0.2) is 11.1 Å². The number of aromatic nitrogens is 4. The second-order valence-corrected chi connectivity index (χ2v) is 6.23. The maximum absolute atomic E-state index is 11.7. The molecule has 1 saturated heterocycles. The molecule has 0 saturated carbocycles. The number of nitrogen functional groups attached to an aromatic ring is 1. The maximum atomic E-state index is 11.7. The van der Waals surface area contributed by atoms with E-state index in [4.69, 9.17) is 20.3 Å². The summed E-state index contributed by atoms with van der Waals surface area (Å²) in [6, 6.07) is 0. The molecule has 0 aliphatic carbocycles. The van der Waals surface area contributed by atoms with Crippen LogP contribution in [0.3, 0.4) is 0 Å². The minimum Gasteiger partial charge on any atom is -1.00 e. The molecule has 0 unspecified atom stereocenters. The van der Waals surface area contributed by atoms with Crippen LogP contribution in [0, 0.1) is 0 Å². The Morgan fingerprint density at radius 3 is 2.96 bits per heavy atom. The Balaban J connectivity index is 0.00000156. The molecule has 3 rings (SSSR count). The summed E-state index contributed by atoms with van der Waals surface area (Å²) < 4.78 is 22.0. The number of phosphoric ester groups is 1. The van der Waals surface area contributed by atoms with Gasteiger partial charge in [0.25, 0.3) is 5.56 Å². The molecule has 0 amide bonds. The number of aromatic amines is 1. The molecule has 3 atom stereocenters. The number of phosphoric acid groups is 1. The number of aliphatic hydroxyl groups excluding tert-OH is 1. The molecule has 128 valence electrons. The van der Waals surface area contributed by atoms with E-state index in [1.54, 1.807) is 0 Å². The van der Waals surface area contributed by atoms with E-state index in [1.807, 2.05) is 0 Å². The van der Waals surface area contributed by atoms with E-state index < -0.39 is 38.4 Å². The molecule has 1 fully saturated rings. The number of nitrogens with two attached hydrogens (primary N) is 1. The number of ether oxygens (including phenoxy) is 1. The van der Waals surface area contributed by atoms with E-state index in [9.17, 15) is 14.5 Å². The van der Waals surface area contributed by atoms with Gasteiger partial charge in [-0.3, -0.25) is 18.9 Å². The van der Waals surface area contributed by atoms with Crippen molar-refractivity contribution < 1.29 is 59.7 Å². The van der Waals surface area contributed by atoms with Crippen molar-refractivity contribution in [3.05, 3.63) is 16.7 Å². The number of hydrogen-bond acceptors (Lipinski definition) is 8. The third-order valence-electron chi connectivity index (χ3n) is 3.37. The summed E-state index contributed by atoms with van der Waals surface area (Å²) >= 11 is 0. The zero-order valence-corrected chi connectivity index (χ0v) is 15.5. The zero-order valence-electron chi connectivity index (χ0n) is 13.6. The van der Waals surface area contributed by atoms with Gasteiger partial charge in [-0.05, 0) is 0 Å². The van der Waals surface area contributed by atoms with Gasteiger partial charge < -0.3 is 26.8 Å². The number of imidazole rings is 1. The average molecular weight is 371 g/mol. The molecule has 3 heterocycles. The number of anilines is 1. The fraction of sp³-hybridized carbons (Fsp3) is 0.500. The number of nitrogens with zero attached hydrogens (tertiary/aromatic N) is 3. The third kappa shape index (κ3) is 4.04. The fourth-order valence-electron chi connectivity index (χ4n) is 2.36. The molecular formula is C10H15N5NaO7P. The molecule has 24 heavy (non-hydrogen) atoms. The summed E-state index contributed by atoms with van der Waals surface area (Å²) in [7, 11) is -4.66. The van der Waals surface area contributed by atoms with Crippen molar-refractivity contribution in [1.29, 1.82) is 0 Å². The van der Waals surface area contributed by atoms with Gasteiger partial charge in [-0.1, -0.05) is 0 Å². The van der Waals surface area contributed by atoms with Crippen LogP contribution in [0.2, 0.25) is 0 Å². The van der Waals surface area contributed by atoms with Gasteiger partial charge in [0, 0.05) is 6.42 Å². The van der Waals surface area contributed by atoms with E-state index in [2.05, 4.69) is 19.5 Å². The topological polar surface area (TPSA) is 186 Å². The quantitative estimate of drug-likeness (QED) is 0.259. The largest absolute Gasteiger partial charge is 1.00 e. The van der Waals surface area contributed by atoms with E-state index in [-0.39, 0.29) is 54.5 Å². The van der Waals surface area contributed by atoms with Gasteiger partial charge in [0.1, 0.15) is 12.3 Å². The van der Waals surface area contributed by atoms with Gasteiger partial charge in [0.2, 0.25) is 5.95 Å². The van der Waals surface area contributed by atoms with Crippen LogP contribution in [0.4, 0.5) is 5.95 Å². The fourth-order valence-corrected chi connectivity index (χ4v) is 2.70. The minimum absolute atomic E-state index is 0. The normalized spacial score (nSPS) is 24.2. The van der Waals surface area contributed by atoms with Crippen molar-refractivity contribution in [2.24, 2.45) is 0 Å². The summed E-state index contributed by atoms with van der Waals surface area (Å²) in [5.74, 6) is -0.0934. The molecule has 6 N–H and O–H groups in total. The molecule has 0 aromatic carbocycles. The van der Waals surface area contributed by atoms with Crippen LogP contribution in [-0.2, 0) is 13.8 Å². The van der Waals surface area contributed by atoms with Crippen molar-refractivity contribution in [3.8, 4) is 0 Å². The predicted octanol–water partition coefficient (Wildman–Crippen LogP) is -4.42. The van der Waals surface area contributed by atoms with Gasteiger partial charge in [0.05, 0.1) is 19.0 Å². The number of aliphatic hydroxyl groups is 1. The number of hydrogen-bond donors (Lipinski definition) is 5. The molecule has 0 bridgehead atoms. The average Bonchev–Trinajstić information content (AvgIpc) is 2.99. The van der Waals surface area contributed by atoms with Gasteiger partial charge in [-0.15, -0.1) is 0 Å². The van der Waals surface area contributed by atoms with Crippen LogP contribution in [-0.4, -0.2) is 53.2 Å². The first kappa shape index (κ1) is 19.5. The first-order chi connectivity index (χ1) is 10.7. The molecular weight excluding hydrogens is 356 g/mol. The molecule has 2 aromatic heterocycles. The van der Waals surface area contributed by atoms with E-state index in [0.717, 1.165) is 0 Å². The first-order valence-electron chi connectivity index (χ1n) is 6.50. The molecule has 0 radical (unpaired) electrons. The number of fused-ring (bicyclic) bond motifs is 1. The molecule has 12 nitrogen and oxygen atoms in total. The van der Waals surface area contributed by atoms with E-state index in [0.29, 0.717) is 0 Å². The third-order valence-corrected chi connectivity index (χ3v) is 3.86. The standard InChI is InChI=1S/C10H14N5O7P.Na.H/c11-10-13-8-7(9(17)14-10)12-3-15(8)6-1-4(16)5(22-6)2-21-23(18,19)20;;/h3-6,16H,1-2H2,(H2,18,19,20)(H3,11,13,14,17);;/q;+1;-1/t4-,5+,6+;;/m0../s1. The SMILES string of the molecule is Nc1nc2c(ncn2[C@H]2C[C@H](O)[C@@H](COP(=O)(O)O)O2)c(=O)[nH]1.[H-].[Na+]. The van der Waals surface area contributed by atoms with Gasteiger partial charge in [-0.2, -0.15) is 4.98 Å². The summed E-state index contributed by atoms with van der Waals surface area (Å²) in [4.78, 5) is 39.3. The van der Waals surface area contributed by atoms with Crippen molar-refractivity contribution >= 4 is 24.9 Å². The number of rotatable bonds is 4. The number of nitrogens with one attached hydrogen (secondary N) is 1. The van der Waals surface area contributed by atoms with E-state index >= 15 is 0 Å². The molecule has 0 spiro atoms. The Hall–Kier alpha value is -0.820. The Bertz CT molecular complexity index is 841. The first-order valence-corrected chi connectivity index (χ1v) is 8.03. The van der Waals surface area contributed by atoms with Crippen LogP contribution < -0.4 is 40.9 Å². The summed E-state index contributed by atoms with van der Waals surface area (Å²) in [6.07, 6.45) is -1.26. The Labute approximate surface area is 158 Å². The van der Waals surface area contributed by atoms with Crippen molar-refractivity contribution in [1.82, 2.24) is 19.5 Å². The zero-order chi connectivity index (χ0) is 16.8. The van der Waals surface area contributed by atoms with Gasteiger partial charge in [0.15, 0.2) is 11.2 Å². The molecule has 1 aliphatic rings. The molecule has 14 heteroatoms. The minimum atomic E-state index is -4.66. The van der Waals surface area contributed by atoms with Crippen LogP contribution in [0.1, 0.15) is 14.1 Å². The van der Waals surface area contributed by atoms with Crippen molar-refractivity contribution in [2.45, 2.75) is 24.9 Å². The van der Waals surface area contributed by atoms with Gasteiger partial charge in [-0.25, -0.2) is 9.55 Å². The van der Waals surface area contributed by atoms with Crippen LogP contribution >= 0.6 is 7.82 Å². The Morgan fingerprint density at radius 2 is 2.29 bits per heavy atom. The maximum Gasteiger partial charge on any atom is 1.00 e. The van der Waals surface area contributed by atoms with Crippen LogP contribution in [0.5, 0.6) is 0 Å². The summed E-state index contributed by atoms with van der Waals surface area (Å²) in [5.41, 5.74) is 5.23. The van der Waals surface area contributed by atoms with Crippen LogP contribution in [0.25, 0.3) is 11.2 Å². The smallest absolute Gasteiger partial charge is 1.00 e.